The second-order valence-corrected chi connectivity index (χ2v) is 18.9. The van der Waals surface area contributed by atoms with Gasteiger partial charge in [-0.1, -0.05) is 137 Å². The molecule has 0 bridgehead atoms. The molecule has 0 aromatic heterocycles. The molecule has 0 atom stereocenters. The van der Waals surface area contributed by atoms with Crippen LogP contribution in [0.3, 0.4) is 0 Å². The monoisotopic (exact) mass is 597 g/mol. The Labute approximate surface area is 264 Å². The summed E-state index contributed by atoms with van der Waals surface area (Å²) in [5.41, 5.74) is 0.492. The quantitative estimate of drug-likeness (QED) is 0.210. The summed E-state index contributed by atoms with van der Waals surface area (Å²) in [6, 6.07) is 0. The van der Waals surface area contributed by atoms with Crippen LogP contribution in [-0.2, 0) is 19.1 Å². The van der Waals surface area contributed by atoms with Crippen LogP contribution in [0.4, 0.5) is 0 Å². The molecule has 0 spiro atoms. The minimum atomic E-state index is -0.229. The van der Waals surface area contributed by atoms with Crippen molar-refractivity contribution in [3.05, 3.63) is 0 Å². The number of unbranched alkanes of at least 4 members (excludes halogenated alkanes) is 2. The van der Waals surface area contributed by atoms with E-state index in [4.69, 9.17) is 4.74 Å². The summed E-state index contributed by atoms with van der Waals surface area (Å²) in [4.78, 5) is 34.7. The normalized spacial score (nSPS) is 13.0. The number of hydrogen-bond donors (Lipinski definition) is 0. The molecule has 0 aliphatic carbocycles. The lowest BCUT2D eigenvalue weighted by Gasteiger charge is -2.21. The highest BCUT2D eigenvalue weighted by atomic mass is 16.5. The highest BCUT2D eigenvalue weighted by molar-refractivity contribution is 5.84. The van der Waals surface area contributed by atoms with Crippen LogP contribution in [0.2, 0.25) is 0 Å². The van der Waals surface area contributed by atoms with Gasteiger partial charge < -0.3 is 4.74 Å². The fourth-order valence-corrected chi connectivity index (χ4v) is 3.38. The first-order valence-electron chi connectivity index (χ1n) is 16.6. The average Bonchev–Trinajstić information content (AvgIpc) is 2.73. The molecule has 0 aromatic carbocycles. The van der Waals surface area contributed by atoms with Crippen molar-refractivity contribution in [2.75, 3.05) is 13.2 Å². The molecular formula is C38H76O4. The fraction of sp³-hybridized carbons (Fsp3) is 0.921. The van der Waals surface area contributed by atoms with Gasteiger partial charge >= 0.3 is 0 Å². The van der Waals surface area contributed by atoms with Gasteiger partial charge in [-0.25, -0.2) is 0 Å². The summed E-state index contributed by atoms with van der Waals surface area (Å²) in [6.45, 7) is 39.0. The maximum Gasteiger partial charge on any atom is 0.140 e. The Morgan fingerprint density at radius 3 is 1.10 bits per heavy atom. The lowest BCUT2D eigenvalue weighted by atomic mass is 9.83. The number of Topliss-reactive ketones (excluding diaryl/α,β-unsaturated/α-hetero) is 3. The molecule has 4 heteroatoms. The van der Waals surface area contributed by atoms with Gasteiger partial charge in [0.15, 0.2) is 0 Å². The summed E-state index contributed by atoms with van der Waals surface area (Å²) >= 11 is 0. The maximum atomic E-state index is 11.6. The number of rotatable bonds is 12. The molecule has 0 saturated carbocycles. The zero-order chi connectivity index (χ0) is 34.2. The maximum absolute atomic E-state index is 11.6. The first-order chi connectivity index (χ1) is 18.4. The van der Waals surface area contributed by atoms with E-state index in [-0.39, 0.29) is 27.4 Å². The first-order valence-corrected chi connectivity index (χ1v) is 16.6. The number of ether oxygens (including phenoxy) is 1. The van der Waals surface area contributed by atoms with Gasteiger partial charge in [0.25, 0.3) is 0 Å². The Bertz CT molecular complexity index is 702. The molecule has 0 fully saturated rings. The van der Waals surface area contributed by atoms with E-state index in [1.807, 2.05) is 62.3 Å². The zero-order valence-electron chi connectivity index (χ0n) is 31.9. The van der Waals surface area contributed by atoms with Crippen LogP contribution >= 0.6 is 0 Å². The van der Waals surface area contributed by atoms with E-state index in [1.54, 1.807) is 0 Å². The lowest BCUT2D eigenvalue weighted by Crippen LogP contribution is -2.21. The molecule has 252 valence electrons. The fourth-order valence-electron chi connectivity index (χ4n) is 3.38. The van der Waals surface area contributed by atoms with Crippen LogP contribution in [-0.4, -0.2) is 30.6 Å². The number of ketones is 3. The minimum absolute atomic E-state index is 0.149. The third kappa shape index (κ3) is 33.5. The predicted octanol–water partition coefficient (Wildman–Crippen LogP) is 11.5. The largest absolute Gasteiger partial charge is 0.381 e. The van der Waals surface area contributed by atoms with Gasteiger partial charge in [-0.05, 0) is 41.9 Å². The second kappa shape index (κ2) is 19.4. The van der Waals surface area contributed by atoms with Gasteiger partial charge in [-0.2, -0.15) is 0 Å². The Hall–Kier alpha value is -1.03. The molecule has 0 amide bonds. The first kappa shape index (κ1) is 45.4. The van der Waals surface area contributed by atoms with Crippen molar-refractivity contribution in [2.24, 2.45) is 32.5 Å². The molecule has 0 heterocycles. The molecule has 0 aliphatic heterocycles. The van der Waals surface area contributed by atoms with E-state index in [0.29, 0.717) is 41.8 Å². The molecule has 0 radical (unpaired) electrons. The Balaban J connectivity index is -0.000000547. The van der Waals surface area contributed by atoms with Crippen molar-refractivity contribution >= 4 is 17.3 Å². The van der Waals surface area contributed by atoms with Crippen LogP contribution in [0, 0.1) is 32.5 Å². The molecule has 0 unspecified atom stereocenters. The third-order valence-corrected chi connectivity index (χ3v) is 6.91. The molecule has 0 saturated heterocycles. The van der Waals surface area contributed by atoms with Crippen LogP contribution in [0.5, 0.6) is 0 Å². The van der Waals surface area contributed by atoms with Gasteiger partial charge in [-0.3, -0.25) is 14.4 Å². The topological polar surface area (TPSA) is 60.4 Å². The van der Waals surface area contributed by atoms with E-state index in [1.165, 1.54) is 19.3 Å². The van der Waals surface area contributed by atoms with Gasteiger partial charge in [0.05, 0.1) is 6.61 Å². The minimum Gasteiger partial charge on any atom is -0.381 e. The molecule has 4 nitrogen and oxygen atoms in total. The van der Waals surface area contributed by atoms with Gasteiger partial charge in [-0.15, -0.1) is 0 Å². The van der Waals surface area contributed by atoms with Crippen LogP contribution in [0.25, 0.3) is 0 Å². The van der Waals surface area contributed by atoms with Gasteiger partial charge in [0.1, 0.15) is 17.3 Å². The summed E-state index contributed by atoms with van der Waals surface area (Å²) in [5.74, 6) is 1.05. The van der Waals surface area contributed by atoms with Crippen LogP contribution in [0.1, 0.15) is 182 Å². The van der Waals surface area contributed by atoms with Crippen molar-refractivity contribution in [1.82, 2.24) is 0 Å². The van der Waals surface area contributed by atoms with E-state index >= 15 is 0 Å². The van der Waals surface area contributed by atoms with Crippen LogP contribution < -0.4 is 0 Å². The molecule has 0 aliphatic rings. The second-order valence-electron chi connectivity index (χ2n) is 18.9. The Kier molecular flexibility index (Phi) is 20.9. The van der Waals surface area contributed by atoms with Gasteiger partial charge in [0, 0.05) is 42.1 Å². The van der Waals surface area contributed by atoms with Crippen molar-refractivity contribution < 1.29 is 19.1 Å². The third-order valence-electron chi connectivity index (χ3n) is 6.91. The summed E-state index contributed by atoms with van der Waals surface area (Å²) in [7, 11) is 0. The predicted molar refractivity (Wildman–Crippen MR) is 184 cm³/mol. The highest BCUT2D eigenvalue weighted by Crippen LogP contribution is 2.26. The van der Waals surface area contributed by atoms with E-state index in [0.717, 1.165) is 32.3 Å². The van der Waals surface area contributed by atoms with Crippen molar-refractivity contribution in [1.29, 1.82) is 0 Å². The van der Waals surface area contributed by atoms with Crippen molar-refractivity contribution in [2.45, 2.75) is 182 Å². The molecule has 0 rings (SSSR count). The average molecular weight is 597 g/mol. The summed E-state index contributed by atoms with van der Waals surface area (Å²) in [5, 5.41) is 0. The zero-order valence-corrected chi connectivity index (χ0v) is 31.9. The van der Waals surface area contributed by atoms with Crippen LogP contribution in [0.15, 0.2) is 0 Å². The molecular weight excluding hydrogens is 520 g/mol. The summed E-state index contributed by atoms with van der Waals surface area (Å²) in [6.07, 6.45) is 8.80. The highest BCUT2D eigenvalue weighted by Gasteiger charge is 2.23. The summed E-state index contributed by atoms with van der Waals surface area (Å²) < 4.78 is 5.45. The lowest BCUT2D eigenvalue weighted by molar-refractivity contribution is -0.127. The molecule has 0 N–H and O–H groups in total. The number of hydrogen-bond acceptors (Lipinski definition) is 4. The Morgan fingerprint density at radius 1 is 0.381 bits per heavy atom. The molecule has 0 aromatic rings. The molecule has 42 heavy (non-hydrogen) atoms. The standard InChI is InChI=1S/C14H28O.C13H26O2.C11H22O/c1-13(2,3)11-9-7-8-10-12(15)14(4,5)6;1-12(2,3)8-10-15-9-7-11(14)13(4,5)6;1-10(2,3)8-7-9(12)11(4,5)6/h7-11H2,1-6H3;7-10H2,1-6H3;7-8H2,1-6H3. The van der Waals surface area contributed by atoms with E-state index in [2.05, 4.69) is 62.3 Å². The van der Waals surface area contributed by atoms with Gasteiger partial charge in [0.2, 0.25) is 0 Å². The van der Waals surface area contributed by atoms with E-state index in [9.17, 15) is 14.4 Å². The number of carbonyl (C=O) groups excluding carboxylic acids is 3. The Morgan fingerprint density at radius 2 is 0.738 bits per heavy atom. The SMILES string of the molecule is CC(C)(C)CCC(=O)C(C)(C)C.CC(C)(C)CCCCCC(=O)C(C)(C)C.CC(C)(C)CCOCCC(=O)C(C)(C)C. The smallest absolute Gasteiger partial charge is 0.140 e. The van der Waals surface area contributed by atoms with E-state index < -0.39 is 0 Å². The number of carbonyl (C=O) groups is 3. The van der Waals surface area contributed by atoms with Crippen molar-refractivity contribution in [3.63, 3.8) is 0 Å². The van der Waals surface area contributed by atoms with Crippen molar-refractivity contribution in [3.8, 4) is 0 Å².